The molecule has 130 valence electrons. The lowest BCUT2D eigenvalue weighted by Crippen LogP contribution is -2.31. The van der Waals surface area contributed by atoms with E-state index in [9.17, 15) is 14.4 Å². The van der Waals surface area contributed by atoms with Crippen molar-refractivity contribution >= 4 is 35.1 Å². The maximum atomic E-state index is 12.3. The van der Waals surface area contributed by atoms with Gasteiger partial charge in [0.05, 0.1) is 12.8 Å². The van der Waals surface area contributed by atoms with Crippen LogP contribution in [0.2, 0.25) is 5.02 Å². The van der Waals surface area contributed by atoms with Crippen LogP contribution in [0.4, 0.5) is 10.5 Å². The van der Waals surface area contributed by atoms with Crippen molar-refractivity contribution in [3.05, 3.63) is 53.4 Å². The van der Waals surface area contributed by atoms with Gasteiger partial charge in [-0.25, -0.2) is 4.79 Å². The molecule has 3 rings (SSSR count). The summed E-state index contributed by atoms with van der Waals surface area (Å²) in [5.41, 5.74) is 0.621. The third kappa shape index (κ3) is 4.19. The third-order valence-corrected chi connectivity index (χ3v) is 4.04. The summed E-state index contributed by atoms with van der Waals surface area (Å²) in [7, 11) is 0. The molecule has 0 unspecified atom stereocenters. The van der Waals surface area contributed by atoms with Gasteiger partial charge in [-0.05, 0) is 42.8 Å². The van der Waals surface area contributed by atoms with Gasteiger partial charge in [0.2, 0.25) is 5.91 Å². The molecule has 1 aromatic carbocycles. The first-order chi connectivity index (χ1) is 12.0. The molecule has 0 spiro atoms. The van der Waals surface area contributed by atoms with Crippen molar-refractivity contribution < 1.29 is 18.8 Å². The summed E-state index contributed by atoms with van der Waals surface area (Å²) in [5, 5.41) is 5.89. The van der Waals surface area contributed by atoms with E-state index in [1.165, 1.54) is 6.26 Å². The van der Waals surface area contributed by atoms with Gasteiger partial charge < -0.3 is 15.1 Å². The van der Waals surface area contributed by atoms with Gasteiger partial charge in [-0.1, -0.05) is 11.6 Å². The van der Waals surface area contributed by atoms with Gasteiger partial charge in [-0.3, -0.25) is 14.5 Å². The Kier molecular flexibility index (Phi) is 5.04. The van der Waals surface area contributed by atoms with Gasteiger partial charge in [0.1, 0.15) is 11.8 Å². The lowest BCUT2D eigenvalue weighted by Gasteiger charge is -2.11. The van der Waals surface area contributed by atoms with Crippen LogP contribution in [0.25, 0.3) is 0 Å². The van der Waals surface area contributed by atoms with Gasteiger partial charge in [-0.2, -0.15) is 0 Å². The van der Waals surface area contributed by atoms with E-state index in [1.807, 2.05) is 0 Å². The maximum absolute atomic E-state index is 12.3. The lowest BCUT2D eigenvalue weighted by molar-refractivity contribution is -0.128. The van der Waals surface area contributed by atoms with Crippen LogP contribution in [0.3, 0.4) is 0 Å². The number of rotatable bonds is 6. The highest BCUT2D eigenvalue weighted by molar-refractivity contribution is 6.30. The summed E-state index contributed by atoms with van der Waals surface area (Å²) in [5.74, 6) is -0.0841. The van der Waals surface area contributed by atoms with E-state index < -0.39 is 12.1 Å². The van der Waals surface area contributed by atoms with Crippen LogP contribution in [0, 0.1) is 0 Å². The second-order valence-electron chi connectivity index (χ2n) is 5.60. The fourth-order valence-corrected chi connectivity index (χ4v) is 2.64. The number of furan rings is 1. The number of amides is 4. The van der Waals surface area contributed by atoms with Gasteiger partial charge in [0.25, 0.3) is 5.91 Å². The number of benzene rings is 1. The molecule has 2 heterocycles. The molecule has 0 aliphatic carbocycles. The number of nitrogens with one attached hydrogen (secondary N) is 2. The Balaban J connectivity index is 1.51. The summed E-state index contributed by atoms with van der Waals surface area (Å²) < 4.78 is 5.15. The number of hydrogen-bond acceptors (Lipinski definition) is 4. The SMILES string of the molecule is O=C(CC[C@H]1NC(=O)N(Cc2ccco2)C1=O)Nc1ccc(Cl)cc1. The Bertz CT molecular complexity index is 774. The zero-order valence-corrected chi connectivity index (χ0v) is 14.0. The van der Waals surface area contributed by atoms with Gasteiger partial charge in [-0.15, -0.1) is 0 Å². The van der Waals surface area contributed by atoms with Crippen LogP contribution in [-0.4, -0.2) is 28.8 Å². The summed E-state index contributed by atoms with van der Waals surface area (Å²) in [4.78, 5) is 37.3. The molecule has 0 saturated carbocycles. The van der Waals surface area contributed by atoms with Crippen LogP contribution >= 0.6 is 11.6 Å². The normalized spacial score (nSPS) is 16.8. The number of hydrogen-bond donors (Lipinski definition) is 2. The summed E-state index contributed by atoms with van der Waals surface area (Å²) in [6.07, 6.45) is 1.80. The Hall–Kier alpha value is -2.80. The second kappa shape index (κ2) is 7.40. The minimum Gasteiger partial charge on any atom is -0.467 e. The molecule has 25 heavy (non-hydrogen) atoms. The van der Waals surface area contributed by atoms with E-state index in [-0.39, 0.29) is 31.2 Å². The van der Waals surface area contributed by atoms with Crippen LogP contribution in [0.1, 0.15) is 18.6 Å². The molecular formula is C17H16ClN3O4. The molecule has 1 atom stereocenters. The standard InChI is InChI=1S/C17H16ClN3O4/c18-11-3-5-12(6-4-11)19-15(22)8-7-14-16(23)21(17(24)20-14)10-13-2-1-9-25-13/h1-6,9,14H,7-8,10H2,(H,19,22)(H,20,24)/t14-/m1/s1. The molecule has 0 bridgehead atoms. The van der Waals surface area contributed by atoms with Crippen molar-refractivity contribution in [2.24, 2.45) is 0 Å². The smallest absolute Gasteiger partial charge is 0.325 e. The van der Waals surface area contributed by atoms with Crippen molar-refractivity contribution in [3.8, 4) is 0 Å². The van der Waals surface area contributed by atoms with Crippen LogP contribution < -0.4 is 10.6 Å². The number of halogens is 1. The monoisotopic (exact) mass is 361 g/mol. The molecule has 1 fully saturated rings. The second-order valence-corrected chi connectivity index (χ2v) is 6.04. The summed E-state index contributed by atoms with van der Waals surface area (Å²) in [6, 6.07) is 8.90. The Morgan fingerprint density at radius 1 is 1.24 bits per heavy atom. The topological polar surface area (TPSA) is 91.7 Å². The van der Waals surface area contributed by atoms with Crippen molar-refractivity contribution in [2.75, 3.05) is 5.32 Å². The zero-order chi connectivity index (χ0) is 17.8. The van der Waals surface area contributed by atoms with E-state index in [4.69, 9.17) is 16.0 Å². The van der Waals surface area contributed by atoms with Crippen molar-refractivity contribution in [3.63, 3.8) is 0 Å². The molecule has 1 aliphatic heterocycles. The first-order valence-corrected chi connectivity index (χ1v) is 8.10. The van der Waals surface area contributed by atoms with Crippen molar-refractivity contribution in [1.82, 2.24) is 10.2 Å². The molecule has 4 amide bonds. The minimum atomic E-state index is -0.710. The van der Waals surface area contributed by atoms with Crippen molar-refractivity contribution in [1.29, 1.82) is 0 Å². The fourth-order valence-electron chi connectivity index (χ4n) is 2.51. The number of urea groups is 1. The quantitative estimate of drug-likeness (QED) is 0.774. The predicted octanol–water partition coefficient (Wildman–Crippen LogP) is 2.77. The lowest BCUT2D eigenvalue weighted by atomic mass is 10.1. The number of imide groups is 1. The first-order valence-electron chi connectivity index (χ1n) is 7.72. The number of carbonyl (C=O) groups is 3. The first kappa shape index (κ1) is 17.0. The zero-order valence-electron chi connectivity index (χ0n) is 13.2. The fraction of sp³-hybridized carbons (Fsp3) is 0.235. The average Bonchev–Trinajstić information content (AvgIpc) is 3.19. The Morgan fingerprint density at radius 2 is 2.00 bits per heavy atom. The summed E-state index contributed by atoms with van der Waals surface area (Å²) >= 11 is 5.79. The molecule has 8 heteroatoms. The maximum Gasteiger partial charge on any atom is 0.325 e. The molecule has 2 N–H and O–H groups in total. The minimum absolute atomic E-state index is 0.0745. The highest BCUT2D eigenvalue weighted by atomic mass is 35.5. The van der Waals surface area contributed by atoms with Crippen molar-refractivity contribution in [2.45, 2.75) is 25.4 Å². The summed E-state index contributed by atoms with van der Waals surface area (Å²) in [6.45, 7) is 0.0745. The number of carbonyl (C=O) groups excluding carboxylic acids is 3. The largest absolute Gasteiger partial charge is 0.467 e. The number of nitrogens with zero attached hydrogens (tertiary/aromatic N) is 1. The van der Waals surface area contributed by atoms with E-state index in [0.717, 1.165) is 4.90 Å². The van der Waals surface area contributed by atoms with Crippen LogP contribution in [0.5, 0.6) is 0 Å². The van der Waals surface area contributed by atoms with E-state index in [2.05, 4.69) is 10.6 Å². The van der Waals surface area contributed by atoms with Crippen LogP contribution in [-0.2, 0) is 16.1 Å². The van der Waals surface area contributed by atoms with Gasteiger partial charge in [0, 0.05) is 17.1 Å². The number of anilines is 1. The molecule has 1 saturated heterocycles. The van der Waals surface area contributed by atoms with Gasteiger partial charge in [0.15, 0.2) is 0 Å². The molecular weight excluding hydrogens is 346 g/mol. The average molecular weight is 362 g/mol. The highest BCUT2D eigenvalue weighted by Crippen LogP contribution is 2.17. The van der Waals surface area contributed by atoms with E-state index in [0.29, 0.717) is 16.5 Å². The molecule has 7 nitrogen and oxygen atoms in total. The Morgan fingerprint density at radius 3 is 2.68 bits per heavy atom. The van der Waals surface area contributed by atoms with Crippen LogP contribution in [0.15, 0.2) is 47.1 Å². The molecule has 0 radical (unpaired) electrons. The van der Waals surface area contributed by atoms with E-state index >= 15 is 0 Å². The third-order valence-electron chi connectivity index (χ3n) is 3.79. The highest BCUT2D eigenvalue weighted by Gasteiger charge is 2.38. The molecule has 2 aromatic rings. The molecule has 1 aliphatic rings. The molecule has 1 aromatic heterocycles. The van der Waals surface area contributed by atoms with E-state index in [1.54, 1.807) is 36.4 Å². The van der Waals surface area contributed by atoms with Gasteiger partial charge >= 0.3 is 6.03 Å². The Labute approximate surface area is 148 Å². The predicted molar refractivity (Wildman–Crippen MR) is 90.9 cm³/mol.